The molecule has 0 radical (unpaired) electrons. The summed E-state index contributed by atoms with van der Waals surface area (Å²) >= 11 is 0. The van der Waals surface area contributed by atoms with Gasteiger partial charge in [-0.3, -0.25) is 4.79 Å². The summed E-state index contributed by atoms with van der Waals surface area (Å²) in [6, 6.07) is 35.9. The summed E-state index contributed by atoms with van der Waals surface area (Å²) in [5.41, 5.74) is 7.27. The minimum absolute atomic E-state index is 0.0466. The van der Waals surface area contributed by atoms with Crippen molar-refractivity contribution in [3.8, 4) is 39.7 Å². The fourth-order valence-electron chi connectivity index (χ4n) is 4.96. The molecular formula is C34H30N6O2. The number of imidazole rings is 1. The van der Waals surface area contributed by atoms with Gasteiger partial charge in [0.25, 0.3) is 0 Å². The number of nitrogens with zero attached hydrogens (tertiary/aromatic N) is 5. The van der Waals surface area contributed by atoms with Crippen molar-refractivity contribution < 1.29 is 9.53 Å². The van der Waals surface area contributed by atoms with Crippen LogP contribution in [0.25, 0.3) is 33.9 Å². The van der Waals surface area contributed by atoms with Crippen LogP contribution in [0.15, 0.2) is 115 Å². The second kappa shape index (κ2) is 11.9. The molecule has 1 N–H and O–H groups in total. The molecule has 0 saturated heterocycles. The monoisotopic (exact) mass is 554 g/mol. The van der Waals surface area contributed by atoms with Crippen LogP contribution < -0.4 is 10.1 Å². The highest BCUT2D eigenvalue weighted by Gasteiger charge is 2.24. The third-order valence-electron chi connectivity index (χ3n) is 6.96. The molecule has 6 rings (SSSR count). The van der Waals surface area contributed by atoms with Gasteiger partial charge < -0.3 is 14.6 Å². The molecule has 0 unspecified atom stereocenters. The van der Waals surface area contributed by atoms with Crippen molar-refractivity contribution in [1.82, 2.24) is 24.5 Å². The molecule has 1 amide bonds. The van der Waals surface area contributed by atoms with Crippen LogP contribution in [0.3, 0.4) is 0 Å². The molecule has 0 aliphatic heterocycles. The van der Waals surface area contributed by atoms with Gasteiger partial charge in [0.2, 0.25) is 5.91 Å². The number of para-hydroxylation sites is 1. The van der Waals surface area contributed by atoms with Gasteiger partial charge in [0, 0.05) is 16.8 Å². The van der Waals surface area contributed by atoms with Crippen LogP contribution in [0.1, 0.15) is 11.3 Å². The lowest BCUT2D eigenvalue weighted by atomic mass is 10.0. The van der Waals surface area contributed by atoms with E-state index in [0.717, 1.165) is 50.9 Å². The zero-order chi connectivity index (χ0) is 28.9. The van der Waals surface area contributed by atoms with Crippen LogP contribution in [-0.2, 0) is 17.9 Å². The number of nitrogens with one attached hydrogen (secondary N) is 1. The third kappa shape index (κ3) is 5.69. The van der Waals surface area contributed by atoms with E-state index >= 15 is 0 Å². The average Bonchev–Trinajstić information content (AvgIpc) is 3.63. The second-order valence-electron chi connectivity index (χ2n) is 9.97. The van der Waals surface area contributed by atoms with Crippen molar-refractivity contribution in [3.63, 3.8) is 0 Å². The maximum absolute atomic E-state index is 12.7. The summed E-state index contributed by atoms with van der Waals surface area (Å²) in [5.74, 6) is 1.29. The summed E-state index contributed by atoms with van der Waals surface area (Å²) in [6.07, 6.45) is 1.80. The van der Waals surface area contributed by atoms with Gasteiger partial charge in [-0.1, -0.05) is 95.7 Å². The first kappa shape index (κ1) is 26.7. The maximum atomic E-state index is 12.7. The van der Waals surface area contributed by atoms with E-state index < -0.39 is 0 Å². The van der Waals surface area contributed by atoms with Crippen LogP contribution in [-0.4, -0.2) is 37.6 Å². The number of hydrogen-bond acceptors (Lipinski definition) is 5. The van der Waals surface area contributed by atoms with Gasteiger partial charge in [0.15, 0.2) is 0 Å². The van der Waals surface area contributed by atoms with Gasteiger partial charge in [0.05, 0.1) is 36.8 Å². The quantitative estimate of drug-likeness (QED) is 0.221. The summed E-state index contributed by atoms with van der Waals surface area (Å²) < 4.78 is 9.44. The topological polar surface area (TPSA) is 86.9 Å². The van der Waals surface area contributed by atoms with Crippen LogP contribution in [0.4, 0.5) is 5.69 Å². The molecule has 0 bridgehead atoms. The van der Waals surface area contributed by atoms with Crippen molar-refractivity contribution in [2.24, 2.45) is 0 Å². The van der Waals surface area contributed by atoms with Gasteiger partial charge in [-0.05, 0) is 31.2 Å². The van der Waals surface area contributed by atoms with E-state index in [2.05, 4.69) is 44.5 Å². The number of aromatic nitrogens is 5. The molecule has 0 saturated carbocycles. The molecule has 0 spiro atoms. The molecular weight excluding hydrogens is 524 g/mol. The number of hydrogen-bond donors (Lipinski definition) is 1. The van der Waals surface area contributed by atoms with Gasteiger partial charge in [-0.15, -0.1) is 5.10 Å². The molecule has 0 atom stereocenters. The van der Waals surface area contributed by atoms with Gasteiger partial charge >= 0.3 is 0 Å². The van der Waals surface area contributed by atoms with Crippen molar-refractivity contribution in [3.05, 3.63) is 127 Å². The first-order valence-electron chi connectivity index (χ1n) is 13.7. The van der Waals surface area contributed by atoms with Crippen molar-refractivity contribution in [1.29, 1.82) is 0 Å². The van der Waals surface area contributed by atoms with Crippen molar-refractivity contribution >= 4 is 11.6 Å². The smallest absolute Gasteiger partial charge is 0.246 e. The van der Waals surface area contributed by atoms with Crippen molar-refractivity contribution in [2.45, 2.75) is 20.0 Å². The Bertz CT molecular complexity index is 1810. The maximum Gasteiger partial charge on any atom is 0.246 e. The molecule has 208 valence electrons. The first-order chi connectivity index (χ1) is 20.6. The average molecular weight is 555 g/mol. The normalized spacial score (nSPS) is 10.9. The lowest BCUT2D eigenvalue weighted by molar-refractivity contribution is -0.116. The zero-order valence-electron chi connectivity index (χ0n) is 23.4. The summed E-state index contributed by atoms with van der Waals surface area (Å²) in [6.45, 7) is 2.44. The molecule has 0 fully saturated rings. The number of rotatable bonds is 9. The summed E-state index contributed by atoms with van der Waals surface area (Å²) in [5, 5.41) is 11.6. The Morgan fingerprint density at radius 3 is 2.21 bits per heavy atom. The lowest BCUT2D eigenvalue weighted by Crippen LogP contribution is -2.19. The first-order valence-corrected chi connectivity index (χ1v) is 13.7. The molecule has 6 aromatic rings. The van der Waals surface area contributed by atoms with Crippen LogP contribution in [0.2, 0.25) is 0 Å². The zero-order valence-corrected chi connectivity index (χ0v) is 23.4. The number of carbonyl (C=O) groups is 1. The minimum Gasteiger partial charge on any atom is -0.496 e. The van der Waals surface area contributed by atoms with E-state index in [9.17, 15) is 4.79 Å². The Kier molecular flexibility index (Phi) is 7.59. The molecule has 8 heteroatoms. The number of benzene rings is 4. The molecule has 0 aliphatic carbocycles. The SMILES string of the molecule is COc1ccccc1-c1nc(-c2ccccc2)c(-c2ccccc2)n1Cc1cn(CC(=O)Nc2ccc(C)cc2)nn1. The molecule has 8 nitrogen and oxygen atoms in total. The van der Waals surface area contributed by atoms with Gasteiger partial charge in [0.1, 0.15) is 23.8 Å². The molecule has 42 heavy (non-hydrogen) atoms. The largest absolute Gasteiger partial charge is 0.496 e. The van der Waals surface area contributed by atoms with E-state index in [1.54, 1.807) is 18.0 Å². The number of aryl methyl sites for hydroxylation is 1. The summed E-state index contributed by atoms with van der Waals surface area (Å²) in [7, 11) is 1.66. The second-order valence-corrected chi connectivity index (χ2v) is 9.97. The Morgan fingerprint density at radius 1 is 0.833 bits per heavy atom. The third-order valence-corrected chi connectivity index (χ3v) is 6.96. The Labute approximate surface area is 244 Å². The molecule has 4 aromatic carbocycles. The number of amides is 1. The van der Waals surface area contributed by atoms with E-state index in [-0.39, 0.29) is 12.5 Å². The van der Waals surface area contributed by atoms with E-state index in [0.29, 0.717) is 12.2 Å². The number of methoxy groups -OCH3 is 1. The highest BCUT2D eigenvalue weighted by molar-refractivity contribution is 5.90. The Morgan fingerprint density at radius 2 is 1.50 bits per heavy atom. The fourth-order valence-corrected chi connectivity index (χ4v) is 4.96. The van der Waals surface area contributed by atoms with E-state index in [4.69, 9.17) is 9.72 Å². The Hall–Kier alpha value is -5.50. The predicted octanol–water partition coefficient (Wildman–Crippen LogP) is 6.48. The van der Waals surface area contributed by atoms with Gasteiger partial charge in [-0.2, -0.15) is 0 Å². The molecule has 2 aromatic heterocycles. The number of carbonyl (C=O) groups excluding carboxylic acids is 1. The lowest BCUT2D eigenvalue weighted by Gasteiger charge is -2.14. The predicted molar refractivity (Wildman–Crippen MR) is 164 cm³/mol. The number of ether oxygens (including phenoxy) is 1. The van der Waals surface area contributed by atoms with E-state index in [1.807, 2.05) is 91.9 Å². The van der Waals surface area contributed by atoms with Gasteiger partial charge in [-0.25, -0.2) is 9.67 Å². The minimum atomic E-state index is -0.177. The van der Waals surface area contributed by atoms with Crippen LogP contribution >= 0.6 is 0 Å². The standard InChI is InChI=1S/C34H30N6O2/c1-24-17-19-27(20-18-24)35-31(41)23-39-21-28(37-38-39)22-40-33(26-13-7-4-8-14-26)32(25-11-5-3-6-12-25)36-34(40)29-15-9-10-16-30(29)42-2/h3-21H,22-23H2,1-2H3,(H,35,41). The fraction of sp³-hybridized carbons (Fsp3) is 0.118. The number of anilines is 1. The van der Waals surface area contributed by atoms with Crippen molar-refractivity contribution in [2.75, 3.05) is 12.4 Å². The molecule has 0 aliphatic rings. The van der Waals surface area contributed by atoms with Crippen LogP contribution in [0, 0.1) is 6.92 Å². The Balaban J connectivity index is 1.40. The van der Waals surface area contributed by atoms with E-state index in [1.165, 1.54) is 0 Å². The summed E-state index contributed by atoms with van der Waals surface area (Å²) in [4.78, 5) is 17.9. The van der Waals surface area contributed by atoms with Crippen LogP contribution in [0.5, 0.6) is 5.75 Å². The highest BCUT2D eigenvalue weighted by atomic mass is 16.5. The molecule has 2 heterocycles. The highest BCUT2D eigenvalue weighted by Crippen LogP contribution is 2.39.